The first-order chi connectivity index (χ1) is 12.7. The lowest BCUT2D eigenvalue weighted by molar-refractivity contribution is 0.328. The van der Waals surface area contributed by atoms with Gasteiger partial charge in [-0.3, -0.25) is 4.79 Å². The monoisotopic (exact) mass is 363 g/mol. The minimum absolute atomic E-state index is 0.199. The third kappa shape index (κ3) is 3.06. The summed E-state index contributed by atoms with van der Waals surface area (Å²) in [6, 6.07) is 17.1. The van der Waals surface area contributed by atoms with Crippen molar-refractivity contribution in [2.24, 2.45) is 0 Å². The molecule has 0 bridgehead atoms. The summed E-state index contributed by atoms with van der Waals surface area (Å²) in [6.45, 7) is 4.31. The van der Waals surface area contributed by atoms with Crippen molar-refractivity contribution in [2.45, 2.75) is 23.6 Å². The molecule has 0 spiro atoms. The van der Waals surface area contributed by atoms with Crippen LogP contribution in [0.3, 0.4) is 0 Å². The summed E-state index contributed by atoms with van der Waals surface area (Å²) in [6.07, 6.45) is 0. The van der Waals surface area contributed by atoms with Crippen molar-refractivity contribution in [3.8, 4) is 17.2 Å². The van der Waals surface area contributed by atoms with Gasteiger partial charge >= 0.3 is 0 Å². The van der Waals surface area contributed by atoms with E-state index in [2.05, 4.69) is 0 Å². The Kier molecular flexibility index (Phi) is 4.39. The maximum atomic E-state index is 12.6. The highest BCUT2D eigenvalue weighted by molar-refractivity contribution is 7.99. The SMILES string of the molecule is CCOc1c(Sc2ccc(C)cc2)c2nc3ccccc3oc-2cc1=O. The summed E-state index contributed by atoms with van der Waals surface area (Å²) >= 11 is 1.47. The smallest absolute Gasteiger partial charge is 0.225 e. The predicted molar refractivity (Wildman–Crippen MR) is 103 cm³/mol. The normalized spacial score (nSPS) is 11.2. The van der Waals surface area contributed by atoms with Gasteiger partial charge in [-0.15, -0.1) is 0 Å². The van der Waals surface area contributed by atoms with Crippen LogP contribution < -0.4 is 10.2 Å². The fraction of sp³-hybridized carbons (Fsp3) is 0.143. The molecule has 0 fully saturated rings. The van der Waals surface area contributed by atoms with Gasteiger partial charge in [-0.25, -0.2) is 4.98 Å². The highest BCUT2D eigenvalue weighted by atomic mass is 32.2. The summed E-state index contributed by atoms with van der Waals surface area (Å²) in [4.78, 5) is 19.0. The van der Waals surface area contributed by atoms with Gasteiger partial charge < -0.3 is 9.15 Å². The van der Waals surface area contributed by atoms with Crippen LogP contribution in [0.5, 0.6) is 5.75 Å². The molecule has 1 aliphatic carbocycles. The van der Waals surface area contributed by atoms with E-state index in [4.69, 9.17) is 14.1 Å². The molecule has 2 aromatic carbocycles. The first-order valence-corrected chi connectivity index (χ1v) is 9.21. The minimum atomic E-state index is -0.199. The molecular formula is C21H17NO3S. The van der Waals surface area contributed by atoms with Crippen molar-refractivity contribution in [1.82, 2.24) is 4.98 Å². The lowest BCUT2D eigenvalue weighted by Crippen LogP contribution is -2.11. The van der Waals surface area contributed by atoms with E-state index in [0.29, 0.717) is 34.3 Å². The zero-order chi connectivity index (χ0) is 18.1. The van der Waals surface area contributed by atoms with E-state index in [1.165, 1.54) is 23.4 Å². The topological polar surface area (TPSA) is 52.3 Å². The third-order valence-electron chi connectivity index (χ3n) is 3.99. The number of hydrogen-bond acceptors (Lipinski definition) is 5. The Balaban J connectivity index is 1.97. The molecule has 0 saturated carbocycles. The van der Waals surface area contributed by atoms with E-state index in [1.54, 1.807) is 0 Å². The fourth-order valence-corrected chi connectivity index (χ4v) is 3.75. The summed E-state index contributed by atoms with van der Waals surface area (Å²) in [7, 11) is 0. The van der Waals surface area contributed by atoms with Crippen molar-refractivity contribution in [2.75, 3.05) is 6.61 Å². The second-order valence-electron chi connectivity index (χ2n) is 5.91. The van der Waals surface area contributed by atoms with E-state index in [9.17, 15) is 4.79 Å². The van der Waals surface area contributed by atoms with Gasteiger partial charge in [-0.2, -0.15) is 0 Å². The van der Waals surface area contributed by atoms with Gasteiger partial charge in [-0.1, -0.05) is 41.6 Å². The molecule has 5 heteroatoms. The maximum Gasteiger partial charge on any atom is 0.225 e. The lowest BCUT2D eigenvalue weighted by Gasteiger charge is -2.15. The van der Waals surface area contributed by atoms with Crippen LogP contribution in [0.1, 0.15) is 12.5 Å². The minimum Gasteiger partial charge on any atom is -0.489 e. The Morgan fingerprint density at radius 2 is 1.88 bits per heavy atom. The number of aryl methyl sites for hydroxylation is 1. The number of aromatic nitrogens is 1. The van der Waals surface area contributed by atoms with Crippen LogP contribution in [0.25, 0.3) is 22.6 Å². The van der Waals surface area contributed by atoms with E-state index < -0.39 is 0 Å². The van der Waals surface area contributed by atoms with Crippen LogP contribution >= 0.6 is 11.8 Å². The number of para-hydroxylation sites is 2. The molecule has 1 heterocycles. The van der Waals surface area contributed by atoms with Gasteiger partial charge in [0.25, 0.3) is 0 Å². The first kappa shape index (κ1) is 16.7. The zero-order valence-corrected chi connectivity index (χ0v) is 15.3. The Morgan fingerprint density at radius 3 is 2.65 bits per heavy atom. The molecule has 0 atom stereocenters. The van der Waals surface area contributed by atoms with Gasteiger partial charge in [0.2, 0.25) is 5.43 Å². The van der Waals surface area contributed by atoms with Crippen LogP contribution in [0.2, 0.25) is 0 Å². The summed E-state index contributed by atoms with van der Waals surface area (Å²) < 4.78 is 11.6. The molecule has 1 aliphatic heterocycles. The highest BCUT2D eigenvalue weighted by Gasteiger charge is 2.22. The van der Waals surface area contributed by atoms with Crippen LogP contribution in [-0.4, -0.2) is 11.6 Å². The number of nitrogens with zero attached hydrogens (tertiary/aromatic N) is 1. The van der Waals surface area contributed by atoms with Crippen LogP contribution in [0.4, 0.5) is 0 Å². The van der Waals surface area contributed by atoms with Gasteiger partial charge in [0.05, 0.1) is 11.5 Å². The summed E-state index contributed by atoms with van der Waals surface area (Å²) in [5.74, 6) is 0.787. The average Bonchev–Trinajstić information content (AvgIpc) is 2.65. The molecule has 2 aliphatic rings. The Morgan fingerprint density at radius 1 is 1.12 bits per heavy atom. The Hall–Kier alpha value is -2.79. The number of ether oxygens (including phenoxy) is 1. The van der Waals surface area contributed by atoms with Crippen molar-refractivity contribution in [3.05, 3.63) is 70.4 Å². The van der Waals surface area contributed by atoms with Crippen LogP contribution in [0, 0.1) is 6.92 Å². The lowest BCUT2D eigenvalue weighted by atomic mass is 10.2. The van der Waals surface area contributed by atoms with Crippen LogP contribution in [0.15, 0.2) is 73.6 Å². The Labute approximate surface area is 155 Å². The molecule has 0 N–H and O–H groups in total. The van der Waals surface area contributed by atoms with Crippen molar-refractivity contribution >= 4 is 22.9 Å². The average molecular weight is 363 g/mol. The standard InChI is InChI=1S/C21H17NO3S/c1-3-24-20-16(23)12-18-19(22-15-6-4-5-7-17(15)25-18)21(20)26-14-10-8-13(2)9-11-14/h4-12H,3H2,1-2H3. The van der Waals surface area contributed by atoms with E-state index >= 15 is 0 Å². The third-order valence-corrected chi connectivity index (χ3v) is 5.08. The number of benzene rings is 3. The molecule has 0 saturated heterocycles. The van der Waals surface area contributed by atoms with Gasteiger partial charge in [0.15, 0.2) is 17.1 Å². The second kappa shape index (κ2) is 6.84. The molecule has 4 nitrogen and oxygen atoms in total. The van der Waals surface area contributed by atoms with Gasteiger partial charge in [0.1, 0.15) is 11.2 Å². The van der Waals surface area contributed by atoms with E-state index in [0.717, 1.165) is 10.4 Å². The number of hydrogen-bond donors (Lipinski definition) is 0. The zero-order valence-electron chi connectivity index (χ0n) is 14.5. The second-order valence-corrected chi connectivity index (χ2v) is 6.99. The number of rotatable bonds is 4. The maximum absolute atomic E-state index is 12.6. The molecule has 2 aromatic rings. The number of fused-ring (bicyclic) bond motifs is 2. The summed E-state index contributed by atoms with van der Waals surface area (Å²) in [5, 5.41) is 0. The molecule has 0 unspecified atom stereocenters. The van der Waals surface area contributed by atoms with E-state index in [1.807, 2.05) is 62.4 Å². The van der Waals surface area contributed by atoms with Gasteiger partial charge in [0, 0.05) is 11.0 Å². The molecular weight excluding hydrogens is 346 g/mol. The van der Waals surface area contributed by atoms with Crippen LogP contribution in [-0.2, 0) is 0 Å². The fourth-order valence-electron chi connectivity index (χ4n) is 2.74. The highest BCUT2D eigenvalue weighted by Crippen LogP contribution is 2.41. The molecule has 4 rings (SSSR count). The van der Waals surface area contributed by atoms with Crippen molar-refractivity contribution in [3.63, 3.8) is 0 Å². The summed E-state index contributed by atoms with van der Waals surface area (Å²) in [5.41, 5.74) is 3.01. The molecule has 130 valence electrons. The molecule has 26 heavy (non-hydrogen) atoms. The molecule has 0 radical (unpaired) electrons. The molecule has 0 amide bonds. The predicted octanol–water partition coefficient (Wildman–Crippen LogP) is 5.15. The quantitative estimate of drug-likeness (QED) is 0.469. The van der Waals surface area contributed by atoms with Gasteiger partial charge in [-0.05, 0) is 38.1 Å². The van der Waals surface area contributed by atoms with E-state index in [-0.39, 0.29) is 5.43 Å². The van der Waals surface area contributed by atoms with Crippen molar-refractivity contribution < 1.29 is 9.15 Å². The Bertz CT molecular complexity index is 1100. The first-order valence-electron chi connectivity index (χ1n) is 8.39. The largest absolute Gasteiger partial charge is 0.489 e. The molecule has 0 aromatic heterocycles. The van der Waals surface area contributed by atoms with Crippen molar-refractivity contribution in [1.29, 1.82) is 0 Å².